The number of carbonyl (C=O) groups is 1. The molecule has 2 rings (SSSR count). The predicted molar refractivity (Wildman–Crippen MR) is 81.2 cm³/mol. The highest BCUT2D eigenvalue weighted by molar-refractivity contribution is 5.86. The Morgan fingerprint density at radius 1 is 1.23 bits per heavy atom. The molecule has 0 unspecified atom stereocenters. The monoisotopic (exact) mass is 302 g/mol. The van der Waals surface area contributed by atoms with Gasteiger partial charge in [-0.1, -0.05) is 35.5 Å². The van der Waals surface area contributed by atoms with Crippen molar-refractivity contribution in [1.29, 1.82) is 0 Å². The number of benzene rings is 1. The van der Waals surface area contributed by atoms with E-state index in [0.717, 1.165) is 6.42 Å². The lowest BCUT2D eigenvalue weighted by Crippen LogP contribution is -2.13. The first-order valence-electron chi connectivity index (χ1n) is 6.84. The molecule has 6 nitrogen and oxygen atoms in total. The number of nitrogens with zero attached hydrogens (tertiary/aromatic N) is 1. The number of carbonyl (C=O) groups excluding carboxylic acids is 1. The van der Waals surface area contributed by atoms with Gasteiger partial charge in [-0.05, 0) is 24.1 Å². The second-order valence-corrected chi connectivity index (χ2v) is 4.60. The molecule has 1 aromatic carbocycles. The molecule has 0 aliphatic heterocycles. The van der Waals surface area contributed by atoms with Gasteiger partial charge < -0.3 is 19.7 Å². The lowest BCUT2D eigenvalue weighted by Gasteiger charge is -2.02. The number of oxime groups is 1. The van der Waals surface area contributed by atoms with Gasteiger partial charge in [0.1, 0.15) is 11.6 Å². The summed E-state index contributed by atoms with van der Waals surface area (Å²) in [5.74, 6) is 0.475. The Kier molecular flexibility index (Phi) is 5.59. The molecule has 2 N–H and O–H groups in total. The normalized spacial score (nSPS) is 11.2. The lowest BCUT2D eigenvalue weighted by atomic mass is 10.1. The van der Waals surface area contributed by atoms with Crippen molar-refractivity contribution >= 4 is 11.8 Å². The molecule has 0 amide bonds. The summed E-state index contributed by atoms with van der Waals surface area (Å²) < 4.78 is 9.78. The van der Waals surface area contributed by atoms with Crippen LogP contribution in [0.15, 0.2) is 52.0 Å². The van der Waals surface area contributed by atoms with Gasteiger partial charge >= 0.3 is 5.97 Å². The van der Waals surface area contributed by atoms with E-state index in [-0.39, 0.29) is 12.4 Å². The molecule has 0 bridgehead atoms. The molecule has 0 radical (unpaired) electrons. The first-order valence-corrected chi connectivity index (χ1v) is 6.84. The maximum Gasteiger partial charge on any atom is 0.373 e. The van der Waals surface area contributed by atoms with Crippen molar-refractivity contribution in [3.8, 4) is 0 Å². The number of nitrogens with two attached hydrogens (primary N) is 1. The van der Waals surface area contributed by atoms with E-state index in [9.17, 15) is 4.79 Å². The van der Waals surface area contributed by atoms with Crippen molar-refractivity contribution in [3.05, 3.63) is 59.5 Å². The fourth-order valence-corrected chi connectivity index (χ4v) is 1.81. The number of esters is 1. The molecule has 22 heavy (non-hydrogen) atoms. The van der Waals surface area contributed by atoms with E-state index in [2.05, 4.69) is 9.89 Å². The van der Waals surface area contributed by atoms with Crippen LogP contribution in [-0.2, 0) is 22.6 Å². The van der Waals surface area contributed by atoms with Crippen molar-refractivity contribution in [2.45, 2.75) is 19.4 Å². The molecule has 0 aliphatic carbocycles. The SMILES string of the molecule is COC(=O)c1ccc(CO/N=C(\N)CCc2ccccc2)o1. The third-order valence-corrected chi connectivity index (χ3v) is 2.95. The van der Waals surface area contributed by atoms with Gasteiger partial charge in [0, 0.05) is 6.42 Å². The third kappa shape index (κ3) is 4.66. The summed E-state index contributed by atoms with van der Waals surface area (Å²) in [5.41, 5.74) is 6.97. The van der Waals surface area contributed by atoms with Crippen molar-refractivity contribution in [2.24, 2.45) is 10.9 Å². The van der Waals surface area contributed by atoms with Gasteiger partial charge in [0.25, 0.3) is 0 Å². The first-order chi connectivity index (χ1) is 10.7. The standard InChI is InChI=1S/C16H18N2O4/c1-20-16(19)14-9-8-13(22-14)11-21-18-15(17)10-7-12-5-3-2-4-6-12/h2-6,8-9H,7,10-11H2,1H3,(H2,17,18). The van der Waals surface area contributed by atoms with Crippen molar-refractivity contribution in [3.63, 3.8) is 0 Å². The minimum Gasteiger partial charge on any atom is -0.463 e. The smallest absolute Gasteiger partial charge is 0.373 e. The minimum absolute atomic E-state index is 0.100. The minimum atomic E-state index is -0.530. The highest BCUT2D eigenvalue weighted by Gasteiger charge is 2.11. The van der Waals surface area contributed by atoms with E-state index in [1.807, 2.05) is 30.3 Å². The number of furan rings is 1. The zero-order valence-electron chi connectivity index (χ0n) is 12.3. The summed E-state index contributed by atoms with van der Waals surface area (Å²) in [6, 6.07) is 13.1. The lowest BCUT2D eigenvalue weighted by molar-refractivity contribution is 0.0553. The molecule has 2 aromatic rings. The topological polar surface area (TPSA) is 87.0 Å². The Bertz CT molecular complexity index is 635. The Hall–Kier alpha value is -2.76. The van der Waals surface area contributed by atoms with Crippen LogP contribution in [0, 0.1) is 0 Å². The molecular weight excluding hydrogens is 284 g/mol. The van der Waals surface area contributed by atoms with Crippen LogP contribution >= 0.6 is 0 Å². The average Bonchev–Trinajstić information content (AvgIpc) is 3.02. The molecule has 1 aromatic heterocycles. The number of amidine groups is 1. The fourth-order valence-electron chi connectivity index (χ4n) is 1.81. The first kappa shape index (κ1) is 15.6. The molecule has 0 atom stereocenters. The molecular formula is C16H18N2O4. The molecule has 6 heteroatoms. The van der Waals surface area contributed by atoms with Crippen LogP contribution in [0.4, 0.5) is 0 Å². The van der Waals surface area contributed by atoms with E-state index in [0.29, 0.717) is 18.0 Å². The van der Waals surface area contributed by atoms with Gasteiger partial charge in [0.2, 0.25) is 5.76 Å². The predicted octanol–water partition coefficient (Wildman–Crippen LogP) is 2.49. The van der Waals surface area contributed by atoms with Gasteiger partial charge in [-0.25, -0.2) is 4.79 Å². The van der Waals surface area contributed by atoms with Crippen LogP contribution in [0.1, 0.15) is 28.3 Å². The Morgan fingerprint density at radius 3 is 2.73 bits per heavy atom. The second kappa shape index (κ2) is 7.87. The van der Waals surface area contributed by atoms with Crippen LogP contribution in [0.25, 0.3) is 0 Å². The zero-order chi connectivity index (χ0) is 15.8. The fraction of sp³-hybridized carbons (Fsp3) is 0.250. The highest BCUT2D eigenvalue weighted by Crippen LogP contribution is 2.10. The quantitative estimate of drug-likeness (QED) is 0.367. The van der Waals surface area contributed by atoms with Gasteiger partial charge in [0.05, 0.1) is 7.11 Å². The number of hydrogen-bond acceptors (Lipinski definition) is 5. The van der Waals surface area contributed by atoms with Crippen molar-refractivity contribution in [1.82, 2.24) is 0 Å². The number of ether oxygens (including phenoxy) is 1. The molecule has 0 fully saturated rings. The van der Waals surface area contributed by atoms with E-state index >= 15 is 0 Å². The van der Waals surface area contributed by atoms with E-state index in [1.54, 1.807) is 6.07 Å². The molecule has 0 spiro atoms. The van der Waals surface area contributed by atoms with Gasteiger partial charge in [-0.3, -0.25) is 0 Å². The number of hydrogen-bond donors (Lipinski definition) is 1. The Balaban J connectivity index is 1.76. The molecule has 0 saturated carbocycles. The van der Waals surface area contributed by atoms with E-state index in [4.69, 9.17) is 15.0 Å². The number of aryl methyl sites for hydroxylation is 1. The van der Waals surface area contributed by atoms with Crippen LogP contribution in [0.3, 0.4) is 0 Å². The second-order valence-electron chi connectivity index (χ2n) is 4.60. The van der Waals surface area contributed by atoms with Gasteiger partial charge in [-0.2, -0.15) is 0 Å². The summed E-state index contributed by atoms with van der Waals surface area (Å²) in [6.07, 6.45) is 1.41. The molecule has 0 aliphatic rings. The zero-order valence-corrected chi connectivity index (χ0v) is 12.3. The average molecular weight is 302 g/mol. The molecule has 1 heterocycles. The largest absolute Gasteiger partial charge is 0.463 e. The summed E-state index contributed by atoms with van der Waals surface area (Å²) in [7, 11) is 1.29. The van der Waals surface area contributed by atoms with Crippen LogP contribution in [-0.4, -0.2) is 18.9 Å². The maximum absolute atomic E-state index is 11.2. The van der Waals surface area contributed by atoms with E-state index in [1.165, 1.54) is 18.7 Å². The Labute approximate surface area is 128 Å². The summed E-state index contributed by atoms with van der Waals surface area (Å²) in [6.45, 7) is 0.100. The number of rotatable bonds is 7. The summed E-state index contributed by atoms with van der Waals surface area (Å²) in [4.78, 5) is 16.3. The van der Waals surface area contributed by atoms with Gasteiger partial charge in [-0.15, -0.1) is 0 Å². The van der Waals surface area contributed by atoms with Crippen molar-refractivity contribution in [2.75, 3.05) is 7.11 Å². The molecule has 0 saturated heterocycles. The third-order valence-electron chi connectivity index (χ3n) is 2.95. The highest BCUT2D eigenvalue weighted by atomic mass is 16.6. The van der Waals surface area contributed by atoms with E-state index < -0.39 is 5.97 Å². The Morgan fingerprint density at radius 2 is 2.00 bits per heavy atom. The van der Waals surface area contributed by atoms with Crippen LogP contribution in [0.2, 0.25) is 0 Å². The number of methoxy groups -OCH3 is 1. The summed E-state index contributed by atoms with van der Waals surface area (Å²) in [5, 5.41) is 3.83. The van der Waals surface area contributed by atoms with Crippen molar-refractivity contribution < 1.29 is 18.8 Å². The van der Waals surface area contributed by atoms with Crippen LogP contribution in [0.5, 0.6) is 0 Å². The summed E-state index contributed by atoms with van der Waals surface area (Å²) >= 11 is 0. The maximum atomic E-state index is 11.2. The van der Waals surface area contributed by atoms with Gasteiger partial charge in [0.15, 0.2) is 6.61 Å². The van der Waals surface area contributed by atoms with Crippen LogP contribution < -0.4 is 5.73 Å². The molecule has 116 valence electrons.